The van der Waals surface area contributed by atoms with Crippen molar-refractivity contribution in [1.82, 2.24) is 0 Å². The number of ether oxygens (including phenoxy) is 1. The molecule has 2 unspecified atom stereocenters. The first-order valence-electron chi connectivity index (χ1n) is 6.77. The summed E-state index contributed by atoms with van der Waals surface area (Å²) in [4.78, 5) is 1.11. The van der Waals surface area contributed by atoms with Crippen molar-refractivity contribution in [2.75, 3.05) is 0 Å². The van der Waals surface area contributed by atoms with Gasteiger partial charge in [-0.1, -0.05) is 19.1 Å². The molecule has 0 aliphatic heterocycles. The molecule has 0 spiro atoms. The molecule has 2 N–H and O–H groups in total. The van der Waals surface area contributed by atoms with Crippen molar-refractivity contribution in [2.45, 2.75) is 31.9 Å². The normalized spacial score (nSPS) is 13.4. The quantitative estimate of drug-likeness (QED) is 0.824. The van der Waals surface area contributed by atoms with Crippen LogP contribution in [0.1, 0.15) is 29.9 Å². The lowest BCUT2D eigenvalue weighted by Crippen LogP contribution is -2.30. The lowest BCUT2D eigenvalue weighted by Gasteiger charge is -2.23. The van der Waals surface area contributed by atoms with Crippen molar-refractivity contribution in [3.05, 3.63) is 50.6 Å². The van der Waals surface area contributed by atoms with E-state index in [4.69, 9.17) is 15.7 Å². The Balaban J connectivity index is 2.17. The number of rotatable bonds is 6. The zero-order valence-corrected chi connectivity index (χ0v) is 14.2. The molecule has 0 aliphatic rings. The predicted octanol–water partition coefficient (Wildman–Crippen LogP) is 4.43. The van der Waals surface area contributed by atoms with Crippen LogP contribution in [0, 0.1) is 11.3 Å². The Labute approximate surface area is 137 Å². The Morgan fingerprint density at radius 2 is 2.00 bits per heavy atom. The number of hydrogen-bond acceptors (Lipinski definition) is 4. The summed E-state index contributed by atoms with van der Waals surface area (Å²) in [7, 11) is 0. The van der Waals surface area contributed by atoms with Crippen molar-refractivity contribution in [2.24, 2.45) is 5.73 Å². The molecular formula is C16H17BrN2OS. The molecule has 0 bridgehead atoms. The fourth-order valence-electron chi connectivity index (χ4n) is 1.98. The molecular weight excluding hydrogens is 348 g/mol. The smallest absolute Gasteiger partial charge is 0.148 e. The van der Waals surface area contributed by atoms with Crippen LogP contribution in [0.3, 0.4) is 0 Å². The van der Waals surface area contributed by atoms with Crippen LogP contribution in [0.4, 0.5) is 0 Å². The SMILES string of the molecule is CCC(N)C(Oc1ccc(CC#N)cc1)c1ccc(Br)s1. The maximum absolute atomic E-state index is 8.69. The van der Waals surface area contributed by atoms with Gasteiger partial charge in [0.05, 0.1) is 16.3 Å². The summed E-state index contributed by atoms with van der Waals surface area (Å²) in [6.45, 7) is 2.06. The average Bonchev–Trinajstić information content (AvgIpc) is 2.92. The molecule has 0 saturated carbocycles. The minimum Gasteiger partial charge on any atom is -0.483 e. The van der Waals surface area contributed by atoms with Crippen molar-refractivity contribution in [3.63, 3.8) is 0 Å². The van der Waals surface area contributed by atoms with Crippen molar-refractivity contribution < 1.29 is 4.74 Å². The molecule has 0 amide bonds. The molecule has 21 heavy (non-hydrogen) atoms. The molecule has 2 atom stereocenters. The van der Waals surface area contributed by atoms with E-state index >= 15 is 0 Å². The maximum atomic E-state index is 8.69. The predicted molar refractivity (Wildman–Crippen MR) is 89.4 cm³/mol. The minimum atomic E-state index is -0.159. The summed E-state index contributed by atoms with van der Waals surface area (Å²) in [5.41, 5.74) is 7.19. The van der Waals surface area contributed by atoms with Crippen LogP contribution in [-0.4, -0.2) is 6.04 Å². The van der Waals surface area contributed by atoms with Crippen LogP contribution in [0.2, 0.25) is 0 Å². The molecule has 1 heterocycles. The van der Waals surface area contributed by atoms with E-state index in [9.17, 15) is 0 Å². The number of benzene rings is 1. The highest BCUT2D eigenvalue weighted by atomic mass is 79.9. The number of halogens is 1. The van der Waals surface area contributed by atoms with Gasteiger partial charge >= 0.3 is 0 Å². The molecule has 0 radical (unpaired) electrons. The van der Waals surface area contributed by atoms with Gasteiger partial charge in [-0.3, -0.25) is 0 Å². The fourth-order valence-corrected chi connectivity index (χ4v) is 3.50. The summed E-state index contributed by atoms with van der Waals surface area (Å²) in [5.74, 6) is 0.773. The first kappa shape index (κ1) is 16.0. The Morgan fingerprint density at radius 3 is 2.52 bits per heavy atom. The van der Waals surface area contributed by atoms with E-state index in [-0.39, 0.29) is 12.1 Å². The third-order valence-electron chi connectivity index (χ3n) is 3.20. The van der Waals surface area contributed by atoms with Gasteiger partial charge in [0.1, 0.15) is 11.9 Å². The van der Waals surface area contributed by atoms with Crippen LogP contribution >= 0.6 is 27.3 Å². The van der Waals surface area contributed by atoms with E-state index in [1.165, 1.54) is 0 Å². The Hall–Kier alpha value is -1.35. The second-order valence-electron chi connectivity index (χ2n) is 4.73. The molecule has 0 aliphatic carbocycles. The zero-order valence-electron chi connectivity index (χ0n) is 11.8. The van der Waals surface area contributed by atoms with E-state index in [1.54, 1.807) is 11.3 Å². The second-order valence-corrected chi connectivity index (χ2v) is 7.23. The van der Waals surface area contributed by atoms with Crippen molar-refractivity contribution >= 4 is 27.3 Å². The van der Waals surface area contributed by atoms with Gasteiger partial charge in [0.15, 0.2) is 0 Å². The van der Waals surface area contributed by atoms with Gasteiger partial charge in [-0.15, -0.1) is 11.3 Å². The molecule has 1 aromatic carbocycles. The largest absolute Gasteiger partial charge is 0.483 e. The molecule has 0 fully saturated rings. The van der Waals surface area contributed by atoms with E-state index in [1.807, 2.05) is 36.4 Å². The Morgan fingerprint density at radius 1 is 1.29 bits per heavy atom. The molecule has 1 aromatic heterocycles. The summed E-state index contributed by atoms with van der Waals surface area (Å²) < 4.78 is 7.15. The monoisotopic (exact) mass is 364 g/mol. The summed E-state index contributed by atoms with van der Waals surface area (Å²) in [5, 5.41) is 8.69. The zero-order chi connectivity index (χ0) is 15.2. The molecule has 0 saturated heterocycles. The number of hydrogen-bond donors (Lipinski definition) is 1. The van der Waals surface area contributed by atoms with E-state index in [0.717, 1.165) is 26.4 Å². The summed E-state index contributed by atoms with van der Waals surface area (Å²) >= 11 is 5.11. The van der Waals surface area contributed by atoms with Crippen LogP contribution < -0.4 is 10.5 Å². The van der Waals surface area contributed by atoms with Gasteiger partial charge in [0.2, 0.25) is 0 Å². The van der Waals surface area contributed by atoms with Crippen LogP contribution in [0.15, 0.2) is 40.2 Å². The number of nitriles is 1. The third kappa shape index (κ3) is 4.31. The Bertz CT molecular complexity index is 618. The van der Waals surface area contributed by atoms with E-state index < -0.39 is 0 Å². The molecule has 2 rings (SSSR count). The number of thiophene rings is 1. The molecule has 5 heteroatoms. The average molecular weight is 365 g/mol. The summed E-state index contributed by atoms with van der Waals surface area (Å²) in [6.07, 6.45) is 1.09. The van der Waals surface area contributed by atoms with Crippen molar-refractivity contribution in [1.29, 1.82) is 5.26 Å². The summed E-state index contributed by atoms with van der Waals surface area (Å²) in [6, 6.07) is 13.7. The number of nitrogens with zero attached hydrogens (tertiary/aromatic N) is 1. The number of nitrogens with two attached hydrogens (primary N) is 1. The van der Waals surface area contributed by atoms with Crippen LogP contribution in [-0.2, 0) is 6.42 Å². The van der Waals surface area contributed by atoms with E-state index in [0.29, 0.717) is 6.42 Å². The van der Waals surface area contributed by atoms with E-state index in [2.05, 4.69) is 28.9 Å². The van der Waals surface area contributed by atoms with Gasteiger partial charge < -0.3 is 10.5 Å². The topological polar surface area (TPSA) is 59.0 Å². The first-order chi connectivity index (χ1) is 10.1. The van der Waals surface area contributed by atoms with Gasteiger partial charge in [0.25, 0.3) is 0 Å². The first-order valence-corrected chi connectivity index (χ1v) is 8.38. The standard InChI is InChI=1S/C16H17BrN2OS/c1-2-13(19)16(14-7-8-15(17)21-14)20-12-5-3-11(4-6-12)9-10-18/h3-8,13,16H,2,9,19H2,1H3. The fraction of sp³-hybridized carbons (Fsp3) is 0.312. The molecule has 3 nitrogen and oxygen atoms in total. The van der Waals surface area contributed by atoms with Gasteiger partial charge in [-0.05, 0) is 52.2 Å². The highest BCUT2D eigenvalue weighted by Gasteiger charge is 2.22. The second kappa shape index (κ2) is 7.60. The lowest BCUT2D eigenvalue weighted by atomic mass is 10.1. The molecule has 110 valence electrons. The van der Waals surface area contributed by atoms with Crippen LogP contribution in [0.25, 0.3) is 0 Å². The highest BCUT2D eigenvalue weighted by molar-refractivity contribution is 9.11. The lowest BCUT2D eigenvalue weighted by molar-refractivity contribution is 0.174. The Kier molecular flexibility index (Phi) is 5.80. The highest BCUT2D eigenvalue weighted by Crippen LogP contribution is 2.32. The van der Waals surface area contributed by atoms with Gasteiger partial charge in [-0.2, -0.15) is 5.26 Å². The van der Waals surface area contributed by atoms with Crippen LogP contribution in [0.5, 0.6) is 5.75 Å². The van der Waals surface area contributed by atoms with Gasteiger partial charge in [-0.25, -0.2) is 0 Å². The third-order valence-corrected chi connectivity index (χ3v) is 4.89. The van der Waals surface area contributed by atoms with Gasteiger partial charge in [0, 0.05) is 10.9 Å². The van der Waals surface area contributed by atoms with Crippen molar-refractivity contribution in [3.8, 4) is 11.8 Å². The molecule has 2 aromatic rings. The minimum absolute atomic E-state index is 0.0608. The maximum Gasteiger partial charge on any atom is 0.148 e.